The highest BCUT2D eigenvalue weighted by Crippen LogP contribution is 2.29. The van der Waals surface area contributed by atoms with E-state index in [4.69, 9.17) is 9.88 Å². The Balaban J connectivity index is 3.44. The number of nitrogens with two attached hydrogens (primary N) is 1. The molecule has 0 aliphatic rings. The first-order chi connectivity index (χ1) is 10.4. The smallest absolute Gasteiger partial charge is 0.414 e. The number of benzene rings is 1. The monoisotopic (exact) mass is 345 g/mol. The van der Waals surface area contributed by atoms with Crippen LogP contribution in [0.1, 0.15) is 27.7 Å². The summed E-state index contributed by atoms with van der Waals surface area (Å²) in [5.41, 5.74) is -1.31. The molecule has 0 radical (unpaired) electrons. The molecule has 9 nitrogen and oxygen atoms in total. The van der Waals surface area contributed by atoms with Crippen LogP contribution in [0.2, 0.25) is 0 Å². The van der Waals surface area contributed by atoms with Gasteiger partial charge in [-0.25, -0.2) is 18.4 Å². The van der Waals surface area contributed by atoms with Gasteiger partial charge in [-0.1, -0.05) is 0 Å². The number of hydrogen-bond acceptors (Lipinski definition) is 6. The molecule has 2 N–H and O–H groups in total. The van der Waals surface area contributed by atoms with Crippen LogP contribution in [-0.4, -0.2) is 31.6 Å². The van der Waals surface area contributed by atoms with E-state index < -0.39 is 37.2 Å². The Hall–Kier alpha value is -2.20. The number of sulfonamides is 1. The molecule has 1 aromatic rings. The van der Waals surface area contributed by atoms with Crippen molar-refractivity contribution >= 4 is 27.5 Å². The van der Waals surface area contributed by atoms with Crippen molar-refractivity contribution in [1.29, 1.82) is 0 Å². The molecule has 1 rings (SSSR count). The van der Waals surface area contributed by atoms with Gasteiger partial charge >= 0.3 is 6.09 Å². The van der Waals surface area contributed by atoms with Gasteiger partial charge in [0.2, 0.25) is 10.0 Å². The lowest BCUT2D eigenvalue weighted by Crippen LogP contribution is -2.37. The highest BCUT2D eigenvalue weighted by atomic mass is 32.2. The largest absolute Gasteiger partial charge is 0.443 e. The summed E-state index contributed by atoms with van der Waals surface area (Å²) >= 11 is 0. The van der Waals surface area contributed by atoms with Gasteiger partial charge in [0, 0.05) is 18.7 Å². The molecule has 0 aromatic heterocycles. The highest BCUT2D eigenvalue weighted by Gasteiger charge is 2.28. The molecule has 0 spiro atoms. The molecule has 0 heterocycles. The Morgan fingerprint density at radius 1 is 1.39 bits per heavy atom. The van der Waals surface area contributed by atoms with Crippen molar-refractivity contribution in [2.24, 2.45) is 5.14 Å². The first-order valence-electron chi connectivity index (χ1n) is 6.68. The topological polar surface area (TPSA) is 133 Å². The average molecular weight is 345 g/mol. The predicted molar refractivity (Wildman–Crippen MR) is 83.7 cm³/mol. The summed E-state index contributed by atoms with van der Waals surface area (Å²) in [4.78, 5) is 22.8. The maximum absolute atomic E-state index is 12.2. The standard InChI is InChI=1S/C13H19N3O6S/c1-5-15(12(17)22-13(2,3)4)10-7-6-9(16(18)19)8-11(10)23(14,20)21/h6-8H,5H2,1-4H3,(H2,14,20,21). The quantitative estimate of drug-likeness (QED) is 0.655. The van der Waals surface area contributed by atoms with E-state index in [0.29, 0.717) is 0 Å². The predicted octanol–water partition coefficient (Wildman–Crippen LogP) is 2.00. The molecule has 0 aliphatic heterocycles. The summed E-state index contributed by atoms with van der Waals surface area (Å²) in [7, 11) is -4.28. The van der Waals surface area contributed by atoms with E-state index in [-0.39, 0.29) is 12.2 Å². The number of non-ortho nitro benzene ring substituents is 1. The van der Waals surface area contributed by atoms with E-state index in [0.717, 1.165) is 23.1 Å². The van der Waals surface area contributed by atoms with Gasteiger partial charge in [0.25, 0.3) is 5.69 Å². The van der Waals surface area contributed by atoms with Gasteiger partial charge in [0.15, 0.2) is 0 Å². The van der Waals surface area contributed by atoms with Crippen LogP contribution in [0, 0.1) is 10.1 Å². The van der Waals surface area contributed by atoms with Crippen LogP contribution in [0.4, 0.5) is 16.2 Å². The molecule has 0 fully saturated rings. The second kappa shape index (κ2) is 6.50. The van der Waals surface area contributed by atoms with Gasteiger partial charge in [-0.3, -0.25) is 15.0 Å². The van der Waals surface area contributed by atoms with Crippen molar-refractivity contribution in [2.45, 2.75) is 38.2 Å². The Morgan fingerprint density at radius 2 is 1.96 bits per heavy atom. The van der Waals surface area contributed by atoms with E-state index in [1.54, 1.807) is 27.7 Å². The summed E-state index contributed by atoms with van der Waals surface area (Å²) in [5.74, 6) is 0. The van der Waals surface area contributed by atoms with E-state index in [1.807, 2.05) is 0 Å². The van der Waals surface area contributed by atoms with Crippen LogP contribution in [-0.2, 0) is 14.8 Å². The summed E-state index contributed by atoms with van der Waals surface area (Å²) in [6, 6.07) is 3.07. The zero-order valence-corrected chi connectivity index (χ0v) is 14.1. The molecule has 128 valence electrons. The molecule has 0 bridgehead atoms. The fourth-order valence-electron chi connectivity index (χ4n) is 1.78. The van der Waals surface area contributed by atoms with Crippen LogP contribution in [0.5, 0.6) is 0 Å². The third-order valence-corrected chi connectivity index (χ3v) is 3.62. The number of carbonyl (C=O) groups excluding carboxylic acids is 1. The Morgan fingerprint density at radius 3 is 2.35 bits per heavy atom. The first kappa shape index (κ1) is 18.8. The minimum absolute atomic E-state index is 0.0742. The Labute approximate surface area is 134 Å². The summed E-state index contributed by atoms with van der Waals surface area (Å²) < 4.78 is 28.7. The second-order valence-electron chi connectivity index (χ2n) is 5.68. The summed E-state index contributed by atoms with van der Waals surface area (Å²) in [5, 5.41) is 15.9. The number of carbonyl (C=O) groups is 1. The van der Waals surface area contributed by atoms with Gasteiger partial charge < -0.3 is 4.74 Å². The van der Waals surface area contributed by atoms with Crippen LogP contribution in [0.15, 0.2) is 23.1 Å². The van der Waals surface area contributed by atoms with E-state index in [9.17, 15) is 23.3 Å². The lowest BCUT2D eigenvalue weighted by Gasteiger charge is -2.27. The van der Waals surface area contributed by atoms with Crippen LogP contribution in [0.3, 0.4) is 0 Å². The summed E-state index contributed by atoms with van der Waals surface area (Å²) in [6.45, 7) is 6.69. The van der Waals surface area contributed by atoms with Crippen LogP contribution >= 0.6 is 0 Å². The molecule has 0 aliphatic carbocycles. The molecule has 0 saturated heterocycles. The molecular weight excluding hydrogens is 326 g/mol. The normalized spacial score (nSPS) is 11.9. The van der Waals surface area contributed by atoms with Crippen LogP contribution in [0.25, 0.3) is 0 Å². The van der Waals surface area contributed by atoms with Gasteiger partial charge in [-0.2, -0.15) is 0 Å². The number of amides is 1. The van der Waals surface area contributed by atoms with Crippen molar-refractivity contribution in [1.82, 2.24) is 0 Å². The van der Waals surface area contributed by atoms with Gasteiger partial charge in [0.05, 0.1) is 10.6 Å². The number of primary sulfonamides is 1. The highest BCUT2D eigenvalue weighted by molar-refractivity contribution is 7.89. The molecule has 0 unspecified atom stereocenters. The molecule has 0 atom stereocenters. The van der Waals surface area contributed by atoms with E-state index in [1.165, 1.54) is 0 Å². The molecule has 0 saturated carbocycles. The third kappa shape index (κ3) is 4.89. The minimum Gasteiger partial charge on any atom is -0.443 e. The zero-order valence-electron chi connectivity index (χ0n) is 13.3. The first-order valence-corrected chi connectivity index (χ1v) is 8.23. The fraction of sp³-hybridized carbons (Fsp3) is 0.462. The number of nitro groups is 1. The van der Waals surface area contributed by atoms with Crippen molar-refractivity contribution in [3.05, 3.63) is 28.3 Å². The average Bonchev–Trinajstić information content (AvgIpc) is 2.36. The SMILES string of the molecule is CCN(C(=O)OC(C)(C)C)c1ccc([N+](=O)[O-])cc1S(N)(=O)=O. The molecule has 23 heavy (non-hydrogen) atoms. The number of ether oxygens (including phenoxy) is 1. The van der Waals surface area contributed by atoms with Crippen molar-refractivity contribution < 1.29 is 22.9 Å². The number of anilines is 1. The van der Waals surface area contributed by atoms with Gasteiger partial charge in [-0.05, 0) is 33.8 Å². The maximum Gasteiger partial charge on any atom is 0.414 e. The minimum atomic E-state index is -4.28. The molecular formula is C13H19N3O6S. The Bertz CT molecular complexity index is 724. The van der Waals surface area contributed by atoms with E-state index in [2.05, 4.69) is 0 Å². The fourth-order valence-corrected chi connectivity index (χ4v) is 2.54. The molecule has 1 aromatic carbocycles. The zero-order chi connectivity index (χ0) is 18.0. The lowest BCUT2D eigenvalue weighted by atomic mass is 10.2. The van der Waals surface area contributed by atoms with Crippen molar-refractivity contribution in [2.75, 3.05) is 11.4 Å². The molecule has 1 amide bonds. The third-order valence-electron chi connectivity index (χ3n) is 2.68. The number of rotatable bonds is 4. The van der Waals surface area contributed by atoms with Crippen LogP contribution < -0.4 is 10.0 Å². The summed E-state index contributed by atoms with van der Waals surface area (Å²) in [6.07, 6.45) is -0.779. The number of hydrogen-bond donors (Lipinski definition) is 1. The van der Waals surface area contributed by atoms with Crippen molar-refractivity contribution in [3.8, 4) is 0 Å². The Kier molecular flexibility index (Phi) is 5.33. The molecule has 10 heteroatoms. The van der Waals surface area contributed by atoms with Gasteiger partial charge in [0.1, 0.15) is 10.5 Å². The lowest BCUT2D eigenvalue weighted by molar-refractivity contribution is -0.385. The maximum atomic E-state index is 12.2. The van der Waals surface area contributed by atoms with Gasteiger partial charge in [-0.15, -0.1) is 0 Å². The van der Waals surface area contributed by atoms with E-state index >= 15 is 0 Å². The van der Waals surface area contributed by atoms with Crippen molar-refractivity contribution in [3.63, 3.8) is 0 Å². The number of nitrogens with zero attached hydrogens (tertiary/aromatic N) is 2. The second-order valence-corrected chi connectivity index (χ2v) is 7.21. The number of nitro benzene ring substituents is 1.